The highest BCUT2D eigenvalue weighted by Crippen LogP contribution is 2.40. The van der Waals surface area contributed by atoms with Crippen LogP contribution in [0, 0.1) is 12.8 Å². The van der Waals surface area contributed by atoms with E-state index in [0.29, 0.717) is 4.70 Å². The summed E-state index contributed by atoms with van der Waals surface area (Å²) in [5, 5.41) is 7.03. The molecule has 0 aromatic carbocycles. The first-order chi connectivity index (χ1) is 11.7. The average molecular weight is 378 g/mol. The van der Waals surface area contributed by atoms with Gasteiger partial charge in [0.2, 0.25) is 0 Å². The number of thiophene rings is 1. The topological polar surface area (TPSA) is 77.7 Å². The van der Waals surface area contributed by atoms with Gasteiger partial charge in [0.15, 0.2) is 0 Å². The third-order valence-electron chi connectivity index (χ3n) is 5.46. The second-order valence-corrected chi connectivity index (χ2v) is 7.97. The molecule has 0 amide bonds. The summed E-state index contributed by atoms with van der Waals surface area (Å²) in [5.41, 5.74) is 2.83. The lowest BCUT2D eigenvalue weighted by atomic mass is 9.83. The van der Waals surface area contributed by atoms with Crippen LogP contribution in [0.4, 0.5) is 0 Å². The van der Waals surface area contributed by atoms with Crippen molar-refractivity contribution < 1.29 is 0 Å². The summed E-state index contributed by atoms with van der Waals surface area (Å²) in [6.45, 7) is 4.24. The molecule has 3 fully saturated rings. The zero-order chi connectivity index (χ0) is 16.3. The molecule has 6 nitrogen and oxygen atoms in total. The Balaban J connectivity index is 0.00000157. The first kappa shape index (κ1) is 16.8. The number of aromatic nitrogens is 4. The molecule has 0 aliphatic carbocycles. The molecule has 6 heterocycles. The van der Waals surface area contributed by atoms with Crippen LogP contribution in [0.2, 0.25) is 0 Å². The van der Waals surface area contributed by atoms with Crippen molar-refractivity contribution in [3.05, 3.63) is 34.1 Å². The van der Waals surface area contributed by atoms with E-state index in [9.17, 15) is 4.79 Å². The zero-order valence-corrected chi connectivity index (χ0v) is 15.5. The molecule has 1 atom stereocenters. The molecule has 3 aliphatic heterocycles. The minimum absolute atomic E-state index is 0. The lowest BCUT2D eigenvalue weighted by molar-refractivity contribution is 0.0445. The van der Waals surface area contributed by atoms with E-state index in [1.807, 2.05) is 13.0 Å². The Hall–Kier alpha value is -1.70. The minimum Gasteiger partial charge on any atom is -0.308 e. The number of halogens is 1. The van der Waals surface area contributed by atoms with Crippen molar-refractivity contribution in [3.63, 3.8) is 0 Å². The third kappa shape index (κ3) is 2.70. The fraction of sp³-hybridized carbons (Fsp3) is 0.471. The molecule has 25 heavy (non-hydrogen) atoms. The Labute approximate surface area is 155 Å². The van der Waals surface area contributed by atoms with Crippen LogP contribution in [-0.4, -0.2) is 38.2 Å². The van der Waals surface area contributed by atoms with Gasteiger partial charge in [-0.15, -0.1) is 23.7 Å². The van der Waals surface area contributed by atoms with Crippen LogP contribution < -0.4 is 5.56 Å². The molecule has 3 aliphatic rings. The largest absolute Gasteiger partial charge is 0.308 e. The number of hydrogen-bond acceptors (Lipinski definition) is 5. The van der Waals surface area contributed by atoms with E-state index in [2.05, 4.69) is 20.1 Å². The van der Waals surface area contributed by atoms with Gasteiger partial charge < -0.3 is 4.98 Å². The molecular weight excluding hydrogens is 358 g/mol. The van der Waals surface area contributed by atoms with Gasteiger partial charge in [-0.05, 0) is 51.3 Å². The monoisotopic (exact) mass is 377 g/mol. The molecule has 3 saturated heterocycles. The molecule has 2 bridgehead atoms. The summed E-state index contributed by atoms with van der Waals surface area (Å²) in [4.78, 5) is 24.0. The Morgan fingerprint density at radius 3 is 2.76 bits per heavy atom. The standard InChI is InChI=1S/C17H19N5OS.ClH/c1-9-11(8-18-21-9)14-7-12-15(24-14)17(23)20-16(19-12)13-6-10-2-4-22(13)5-3-10;/h7-8,10,13H,2-6H2,1H3,(H,18,21)(H,19,20,23);1H. The van der Waals surface area contributed by atoms with Crippen molar-refractivity contribution >= 4 is 34.0 Å². The summed E-state index contributed by atoms with van der Waals surface area (Å²) in [5.74, 6) is 1.62. The Kier molecular flexibility index (Phi) is 4.17. The highest BCUT2D eigenvalue weighted by molar-refractivity contribution is 7.22. The predicted molar refractivity (Wildman–Crippen MR) is 101 cm³/mol. The number of aromatic amines is 2. The van der Waals surface area contributed by atoms with E-state index in [4.69, 9.17) is 4.98 Å². The molecule has 3 aromatic heterocycles. The smallest absolute Gasteiger partial charge is 0.268 e. The minimum atomic E-state index is -0.0185. The normalized spacial score (nSPS) is 25.2. The second-order valence-electron chi connectivity index (χ2n) is 6.92. The molecule has 1 unspecified atom stereocenters. The van der Waals surface area contributed by atoms with Crippen molar-refractivity contribution in [2.24, 2.45) is 5.92 Å². The maximum absolute atomic E-state index is 12.6. The molecule has 0 radical (unpaired) electrons. The summed E-state index contributed by atoms with van der Waals surface area (Å²) >= 11 is 1.49. The van der Waals surface area contributed by atoms with Gasteiger partial charge in [-0.1, -0.05) is 0 Å². The van der Waals surface area contributed by atoms with Crippen LogP contribution >= 0.6 is 23.7 Å². The van der Waals surface area contributed by atoms with E-state index in [1.54, 1.807) is 6.20 Å². The molecule has 2 N–H and O–H groups in total. The maximum Gasteiger partial charge on any atom is 0.268 e. The van der Waals surface area contributed by atoms with E-state index >= 15 is 0 Å². The van der Waals surface area contributed by atoms with Gasteiger partial charge in [0.25, 0.3) is 5.56 Å². The highest BCUT2D eigenvalue weighted by Gasteiger charge is 2.35. The third-order valence-corrected chi connectivity index (χ3v) is 6.62. The maximum atomic E-state index is 12.6. The van der Waals surface area contributed by atoms with Gasteiger partial charge >= 0.3 is 0 Å². The van der Waals surface area contributed by atoms with Gasteiger partial charge in [-0.2, -0.15) is 5.10 Å². The number of nitrogens with one attached hydrogen (secondary N) is 2. The first-order valence-electron chi connectivity index (χ1n) is 8.47. The number of fused-ring (bicyclic) bond motifs is 4. The Bertz CT molecular complexity index is 969. The molecule has 3 aromatic rings. The zero-order valence-electron chi connectivity index (χ0n) is 13.9. The molecule has 0 saturated carbocycles. The Morgan fingerprint density at radius 1 is 1.32 bits per heavy atom. The lowest BCUT2D eigenvalue weighted by Gasteiger charge is -2.44. The van der Waals surface area contributed by atoms with Crippen molar-refractivity contribution in [3.8, 4) is 10.4 Å². The predicted octanol–water partition coefficient (Wildman–Crippen LogP) is 3.26. The lowest BCUT2D eigenvalue weighted by Crippen LogP contribution is -2.44. The van der Waals surface area contributed by atoms with Crippen LogP contribution in [-0.2, 0) is 0 Å². The summed E-state index contributed by atoms with van der Waals surface area (Å²) in [7, 11) is 0. The first-order valence-corrected chi connectivity index (χ1v) is 9.29. The summed E-state index contributed by atoms with van der Waals surface area (Å²) in [6, 6.07) is 2.29. The van der Waals surface area contributed by atoms with E-state index in [1.165, 1.54) is 24.2 Å². The fourth-order valence-electron chi connectivity index (χ4n) is 4.10. The number of rotatable bonds is 2. The number of hydrogen-bond donors (Lipinski definition) is 2. The molecule has 0 spiro atoms. The van der Waals surface area contributed by atoms with Crippen LogP contribution in [0.5, 0.6) is 0 Å². The van der Waals surface area contributed by atoms with E-state index in [0.717, 1.165) is 52.9 Å². The van der Waals surface area contributed by atoms with E-state index in [-0.39, 0.29) is 24.0 Å². The average Bonchev–Trinajstić information content (AvgIpc) is 3.21. The van der Waals surface area contributed by atoms with Crippen molar-refractivity contribution in [1.82, 2.24) is 25.1 Å². The molecule has 6 rings (SSSR count). The molecule has 8 heteroatoms. The van der Waals surface area contributed by atoms with Crippen LogP contribution in [0.15, 0.2) is 17.1 Å². The van der Waals surface area contributed by atoms with Gasteiger partial charge in [0.1, 0.15) is 10.5 Å². The summed E-state index contributed by atoms with van der Waals surface area (Å²) in [6.07, 6.45) is 5.49. The SMILES string of the molecule is Cc1[nH]ncc1-c1cc2nc(C3CC4CCN3CC4)[nH]c(=O)c2s1.Cl. The van der Waals surface area contributed by atoms with Gasteiger partial charge in [-0.25, -0.2) is 4.98 Å². The number of aryl methyl sites for hydroxylation is 1. The highest BCUT2D eigenvalue weighted by atomic mass is 35.5. The van der Waals surface area contributed by atoms with Crippen LogP contribution in [0.3, 0.4) is 0 Å². The van der Waals surface area contributed by atoms with Crippen molar-refractivity contribution in [1.29, 1.82) is 0 Å². The number of H-pyrrole nitrogens is 2. The van der Waals surface area contributed by atoms with E-state index < -0.39 is 0 Å². The molecule has 132 valence electrons. The van der Waals surface area contributed by atoms with Crippen LogP contribution in [0.25, 0.3) is 20.7 Å². The van der Waals surface area contributed by atoms with Gasteiger partial charge in [0.05, 0.1) is 17.8 Å². The fourth-order valence-corrected chi connectivity index (χ4v) is 5.16. The van der Waals surface area contributed by atoms with Crippen LogP contribution in [0.1, 0.15) is 36.8 Å². The van der Waals surface area contributed by atoms with Crippen molar-refractivity contribution in [2.75, 3.05) is 13.1 Å². The van der Waals surface area contributed by atoms with Crippen molar-refractivity contribution in [2.45, 2.75) is 32.2 Å². The number of piperidine rings is 3. The van der Waals surface area contributed by atoms with Gasteiger partial charge in [-0.3, -0.25) is 14.8 Å². The second kappa shape index (κ2) is 6.23. The molecular formula is C17H20ClN5OS. The quantitative estimate of drug-likeness (QED) is 0.718. The summed E-state index contributed by atoms with van der Waals surface area (Å²) < 4.78 is 0.699. The number of nitrogens with zero attached hydrogens (tertiary/aromatic N) is 3. The Morgan fingerprint density at radius 2 is 2.12 bits per heavy atom. The van der Waals surface area contributed by atoms with Gasteiger partial charge in [0, 0.05) is 16.1 Å².